The molecule has 2 heteroatoms. The molecular formula is C19H19NS. The third-order valence-corrected chi connectivity index (χ3v) is 4.39. The van der Waals surface area contributed by atoms with Crippen LogP contribution in [0.2, 0.25) is 0 Å². The van der Waals surface area contributed by atoms with Crippen LogP contribution in [0.4, 0.5) is 5.69 Å². The quantitative estimate of drug-likeness (QED) is 0.663. The molecule has 0 fully saturated rings. The lowest BCUT2D eigenvalue weighted by Gasteiger charge is -2.22. The number of nitrogens with one attached hydrogen (secondary N) is 1. The summed E-state index contributed by atoms with van der Waals surface area (Å²) in [6, 6.07) is 19.6. The third-order valence-electron chi connectivity index (χ3n) is 3.71. The summed E-state index contributed by atoms with van der Waals surface area (Å²) in [4.78, 5) is 0. The van der Waals surface area contributed by atoms with Crippen molar-refractivity contribution in [2.24, 2.45) is 0 Å². The fourth-order valence-electron chi connectivity index (χ4n) is 2.57. The summed E-state index contributed by atoms with van der Waals surface area (Å²) < 4.78 is 0. The summed E-state index contributed by atoms with van der Waals surface area (Å²) in [6.45, 7) is 4.33. The minimum atomic E-state index is 0.181. The Morgan fingerprint density at radius 2 is 1.76 bits per heavy atom. The number of hydrogen-bond acceptors (Lipinski definition) is 2. The van der Waals surface area contributed by atoms with Crippen molar-refractivity contribution in [2.75, 3.05) is 5.32 Å². The van der Waals surface area contributed by atoms with Crippen LogP contribution >= 0.6 is 11.3 Å². The van der Waals surface area contributed by atoms with Crippen LogP contribution in [0.5, 0.6) is 0 Å². The first-order chi connectivity index (χ1) is 10.2. The maximum atomic E-state index is 3.67. The number of hydrogen-bond donors (Lipinski definition) is 1. The Balaban J connectivity index is 2.05. The molecule has 1 atom stereocenters. The summed E-state index contributed by atoms with van der Waals surface area (Å²) in [7, 11) is 0. The van der Waals surface area contributed by atoms with Gasteiger partial charge in [0.2, 0.25) is 0 Å². The van der Waals surface area contributed by atoms with Crippen molar-refractivity contribution < 1.29 is 0 Å². The van der Waals surface area contributed by atoms with E-state index >= 15 is 0 Å². The molecule has 1 aromatic heterocycles. The first-order valence-electron chi connectivity index (χ1n) is 7.15. The van der Waals surface area contributed by atoms with Crippen molar-refractivity contribution in [3.8, 4) is 0 Å². The van der Waals surface area contributed by atoms with E-state index < -0.39 is 0 Å². The van der Waals surface area contributed by atoms with Crippen LogP contribution in [0.3, 0.4) is 0 Å². The largest absolute Gasteiger partial charge is 0.373 e. The SMILES string of the molecule is Cc1ccc(C)c(C(Nc2ccsc2)c2ccccc2)c1. The van der Waals surface area contributed by atoms with Crippen molar-refractivity contribution in [1.82, 2.24) is 0 Å². The van der Waals surface area contributed by atoms with Gasteiger partial charge in [0.05, 0.1) is 6.04 Å². The minimum absolute atomic E-state index is 0.181. The highest BCUT2D eigenvalue weighted by Crippen LogP contribution is 2.30. The van der Waals surface area contributed by atoms with Crippen molar-refractivity contribution >= 4 is 17.0 Å². The van der Waals surface area contributed by atoms with Gasteiger partial charge in [-0.1, -0.05) is 54.1 Å². The van der Waals surface area contributed by atoms with Gasteiger partial charge in [0.1, 0.15) is 0 Å². The molecule has 21 heavy (non-hydrogen) atoms. The van der Waals surface area contributed by atoms with Gasteiger partial charge in [0, 0.05) is 11.1 Å². The second-order valence-electron chi connectivity index (χ2n) is 5.36. The molecule has 0 aliphatic rings. The lowest BCUT2D eigenvalue weighted by atomic mass is 9.93. The van der Waals surface area contributed by atoms with Crippen LogP contribution in [0.25, 0.3) is 0 Å². The van der Waals surface area contributed by atoms with Crippen LogP contribution in [-0.4, -0.2) is 0 Å². The van der Waals surface area contributed by atoms with Gasteiger partial charge in [-0.15, -0.1) is 0 Å². The van der Waals surface area contributed by atoms with Crippen LogP contribution in [0.15, 0.2) is 65.4 Å². The Morgan fingerprint density at radius 1 is 0.952 bits per heavy atom. The minimum Gasteiger partial charge on any atom is -0.373 e. The van der Waals surface area contributed by atoms with E-state index in [9.17, 15) is 0 Å². The van der Waals surface area contributed by atoms with Crippen molar-refractivity contribution in [3.63, 3.8) is 0 Å². The maximum Gasteiger partial charge on any atom is 0.0770 e. The highest BCUT2D eigenvalue weighted by molar-refractivity contribution is 7.08. The molecule has 0 bridgehead atoms. The second-order valence-corrected chi connectivity index (χ2v) is 6.14. The molecule has 0 amide bonds. The van der Waals surface area contributed by atoms with E-state index in [0.29, 0.717) is 0 Å². The Bertz CT molecular complexity index is 702. The summed E-state index contributed by atoms with van der Waals surface area (Å²) in [6.07, 6.45) is 0. The van der Waals surface area contributed by atoms with Crippen molar-refractivity contribution in [3.05, 3.63) is 87.6 Å². The molecule has 0 radical (unpaired) electrons. The van der Waals surface area contributed by atoms with Crippen LogP contribution in [0, 0.1) is 13.8 Å². The van der Waals surface area contributed by atoms with Crippen molar-refractivity contribution in [2.45, 2.75) is 19.9 Å². The van der Waals surface area contributed by atoms with Crippen LogP contribution in [0.1, 0.15) is 28.3 Å². The predicted octanol–water partition coefficient (Wildman–Crippen LogP) is 5.57. The molecule has 1 heterocycles. The van der Waals surface area contributed by atoms with Gasteiger partial charge in [-0.2, -0.15) is 11.3 Å². The van der Waals surface area contributed by atoms with E-state index in [0.717, 1.165) is 0 Å². The van der Waals surface area contributed by atoms with Gasteiger partial charge in [-0.3, -0.25) is 0 Å². The van der Waals surface area contributed by atoms with Gasteiger partial charge in [-0.05, 0) is 42.0 Å². The van der Waals surface area contributed by atoms with E-state index in [1.165, 1.54) is 27.9 Å². The topological polar surface area (TPSA) is 12.0 Å². The zero-order chi connectivity index (χ0) is 14.7. The molecule has 1 unspecified atom stereocenters. The van der Waals surface area contributed by atoms with Gasteiger partial charge in [0.15, 0.2) is 0 Å². The second kappa shape index (κ2) is 6.15. The van der Waals surface area contributed by atoms with Crippen LogP contribution < -0.4 is 5.32 Å². The first-order valence-corrected chi connectivity index (χ1v) is 8.09. The zero-order valence-electron chi connectivity index (χ0n) is 12.3. The average Bonchev–Trinajstić information content (AvgIpc) is 3.01. The normalized spacial score (nSPS) is 12.1. The third kappa shape index (κ3) is 3.17. The molecule has 3 aromatic rings. The number of thiophene rings is 1. The molecule has 2 aromatic carbocycles. The highest BCUT2D eigenvalue weighted by Gasteiger charge is 2.16. The van der Waals surface area contributed by atoms with E-state index in [2.05, 4.69) is 84.5 Å². The van der Waals surface area contributed by atoms with Crippen molar-refractivity contribution in [1.29, 1.82) is 0 Å². The standard InChI is InChI=1S/C19H19NS/c1-14-8-9-15(2)18(12-14)19(16-6-4-3-5-7-16)20-17-10-11-21-13-17/h3-13,19-20H,1-2H3. The maximum absolute atomic E-state index is 3.67. The molecule has 0 spiro atoms. The number of rotatable bonds is 4. The summed E-state index contributed by atoms with van der Waals surface area (Å²) in [5.41, 5.74) is 6.42. The predicted molar refractivity (Wildman–Crippen MR) is 92.1 cm³/mol. The summed E-state index contributed by atoms with van der Waals surface area (Å²) in [5.74, 6) is 0. The Kier molecular flexibility index (Phi) is 4.07. The molecule has 0 aliphatic carbocycles. The van der Waals surface area contributed by atoms with E-state index in [1.54, 1.807) is 11.3 Å². The van der Waals surface area contributed by atoms with Gasteiger partial charge in [0.25, 0.3) is 0 Å². The molecule has 0 aliphatic heterocycles. The number of aryl methyl sites for hydroxylation is 2. The molecular weight excluding hydrogens is 274 g/mol. The smallest absolute Gasteiger partial charge is 0.0770 e. The summed E-state index contributed by atoms with van der Waals surface area (Å²) in [5, 5.41) is 7.93. The van der Waals surface area contributed by atoms with Gasteiger partial charge >= 0.3 is 0 Å². The van der Waals surface area contributed by atoms with Gasteiger partial charge < -0.3 is 5.32 Å². The number of anilines is 1. The van der Waals surface area contributed by atoms with E-state index in [1.807, 2.05) is 0 Å². The van der Waals surface area contributed by atoms with E-state index in [-0.39, 0.29) is 6.04 Å². The molecule has 0 saturated carbocycles. The molecule has 0 saturated heterocycles. The Hall–Kier alpha value is -2.06. The van der Waals surface area contributed by atoms with E-state index in [4.69, 9.17) is 0 Å². The molecule has 106 valence electrons. The molecule has 1 N–H and O–H groups in total. The Morgan fingerprint density at radius 3 is 2.48 bits per heavy atom. The summed E-state index contributed by atoms with van der Waals surface area (Å²) >= 11 is 1.72. The Labute approximate surface area is 130 Å². The van der Waals surface area contributed by atoms with Gasteiger partial charge in [-0.25, -0.2) is 0 Å². The lowest BCUT2D eigenvalue weighted by molar-refractivity contribution is 0.925. The average molecular weight is 293 g/mol. The molecule has 1 nitrogen and oxygen atoms in total. The van der Waals surface area contributed by atoms with Crippen LogP contribution in [-0.2, 0) is 0 Å². The first kappa shape index (κ1) is 13.9. The monoisotopic (exact) mass is 293 g/mol. The highest BCUT2D eigenvalue weighted by atomic mass is 32.1. The fourth-order valence-corrected chi connectivity index (χ4v) is 3.17. The molecule has 3 rings (SSSR count). The number of benzene rings is 2. The lowest BCUT2D eigenvalue weighted by Crippen LogP contribution is -2.13. The zero-order valence-corrected chi connectivity index (χ0v) is 13.2. The fraction of sp³-hybridized carbons (Fsp3) is 0.158.